The SMILES string of the molecule is Cc1nc(S(=O)(=O)N2CCCN(C(=O)CCC3CCCCC3)CC2)cn1C. The van der Waals surface area contributed by atoms with Gasteiger partial charge in [0.15, 0.2) is 5.03 Å². The summed E-state index contributed by atoms with van der Waals surface area (Å²) in [4.78, 5) is 18.6. The van der Waals surface area contributed by atoms with Gasteiger partial charge in [0, 0.05) is 45.8 Å². The van der Waals surface area contributed by atoms with Crippen LogP contribution >= 0.6 is 0 Å². The van der Waals surface area contributed by atoms with Crippen molar-refractivity contribution in [2.24, 2.45) is 13.0 Å². The molecular weight excluding hydrogens is 364 g/mol. The van der Waals surface area contributed by atoms with Crippen molar-refractivity contribution in [2.75, 3.05) is 26.2 Å². The first-order chi connectivity index (χ1) is 12.9. The van der Waals surface area contributed by atoms with Crippen molar-refractivity contribution >= 4 is 15.9 Å². The third kappa shape index (κ3) is 4.90. The van der Waals surface area contributed by atoms with Crippen LogP contribution in [0.1, 0.15) is 57.2 Å². The molecule has 3 rings (SSSR count). The van der Waals surface area contributed by atoms with E-state index in [0.29, 0.717) is 50.8 Å². The van der Waals surface area contributed by atoms with Gasteiger partial charge in [0.1, 0.15) is 5.82 Å². The van der Waals surface area contributed by atoms with Crippen molar-refractivity contribution < 1.29 is 13.2 Å². The summed E-state index contributed by atoms with van der Waals surface area (Å²) >= 11 is 0. The number of sulfonamides is 1. The first-order valence-corrected chi connectivity index (χ1v) is 11.6. The van der Waals surface area contributed by atoms with Crippen LogP contribution in [0, 0.1) is 12.8 Å². The van der Waals surface area contributed by atoms with Crippen LogP contribution in [0.2, 0.25) is 0 Å². The topological polar surface area (TPSA) is 75.5 Å². The molecule has 8 heteroatoms. The molecule has 0 unspecified atom stereocenters. The third-order valence-electron chi connectivity index (χ3n) is 5.99. The van der Waals surface area contributed by atoms with Crippen molar-refractivity contribution in [3.8, 4) is 0 Å². The molecule has 1 aliphatic carbocycles. The maximum atomic E-state index is 12.9. The van der Waals surface area contributed by atoms with Crippen LogP contribution in [-0.2, 0) is 21.9 Å². The summed E-state index contributed by atoms with van der Waals surface area (Å²) in [5.41, 5.74) is 0. The zero-order chi connectivity index (χ0) is 19.4. The second kappa shape index (κ2) is 8.73. The highest BCUT2D eigenvalue weighted by molar-refractivity contribution is 7.89. The van der Waals surface area contributed by atoms with Gasteiger partial charge in [-0.05, 0) is 25.7 Å². The fourth-order valence-corrected chi connectivity index (χ4v) is 5.62. The minimum Gasteiger partial charge on any atom is -0.341 e. The van der Waals surface area contributed by atoms with E-state index in [9.17, 15) is 13.2 Å². The summed E-state index contributed by atoms with van der Waals surface area (Å²) in [5.74, 6) is 1.54. The molecular formula is C19H32N4O3S. The molecule has 27 heavy (non-hydrogen) atoms. The largest absolute Gasteiger partial charge is 0.341 e. The normalized spacial score (nSPS) is 20.6. The number of aromatic nitrogens is 2. The second-order valence-electron chi connectivity index (χ2n) is 7.92. The Balaban J connectivity index is 1.55. The minimum atomic E-state index is -3.60. The number of amides is 1. The number of aryl methyl sites for hydroxylation is 2. The van der Waals surface area contributed by atoms with E-state index in [1.807, 2.05) is 4.90 Å². The molecule has 1 aliphatic heterocycles. The Labute approximate surface area is 162 Å². The summed E-state index contributed by atoms with van der Waals surface area (Å²) < 4.78 is 28.9. The quantitative estimate of drug-likeness (QED) is 0.765. The Morgan fingerprint density at radius 3 is 2.52 bits per heavy atom. The van der Waals surface area contributed by atoms with Crippen molar-refractivity contribution in [3.05, 3.63) is 12.0 Å². The molecule has 0 radical (unpaired) electrons. The highest BCUT2D eigenvalue weighted by atomic mass is 32.2. The number of carbonyl (C=O) groups is 1. The van der Waals surface area contributed by atoms with Crippen LogP contribution in [0.5, 0.6) is 0 Å². The number of hydrogen-bond acceptors (Lipinski definition) is 4. The van der Waals surface area contributed by atoms with Crippen molar-refractivity contribution in [1.29, 1.82) is 0 Å². The molecule has 1 amide bonds. The molecule has 0 aromatic carbocycles. The summed E-state index contributed by atoms with van der Waals surface area (Å²) in [6.07, 6.45) is 10.2. The fraction of sp³-hybridized carbons (Fsp3) is 0.789. The molecule has 0 N–H and O–H groups in total. The molecule has 152 valence electrons. The second-order valence-corrected chi connectivity index (χ2v) is 9.80. The summed E-state index contributed by atoms with van der Waals surface area (Å²) in [6.45, 7) is 3.66. The number of nitrogens with zero attached hydrogens (tertiary/aromatic N) is 4. The lowest BCUT2D eigenvalue weighted by molar-refractivity contribution is -0.131. The molecule has 7 nitrogen and oxygen atoms in total. The first kappa shape index (κ1) is 20.3. The number of imidazole rings is 1. The highest BCUT2D eigenvalue weighted by Gasteiger charge is 2.30. The van der Waals surface area contributed by atoms with Gasteiger partial charge in [-0.3, -0.25) is 4.79 Å². The third-order valence-corrected chi connectivity index (χ3v) is 7.76. The van der Waals surface area contributed by atoms with E-state index in [2.05, 4.69) is 4.98 Å². The van der Waals surface area contributed by atoms with Crippen LogP contribution in [-0.4, -0.2) is 59.3 Å². The molecule has 0 atom stereocenters. The van der Waals surface area contributed by atoms with E-state index in [1.54, 1.807) is 24.7 Å². The number of hydrogen-bond donors (Lipinski definition) is 0. The average molecular weight is 397 g/mol. The van der Waals surface area contributed by atoms with E-state index >= 15 is 0 Å². The molecule has 2 heterocycles. The van der Waals surface area contributed by atoms with Gasteiger partial charge in [0.2, 0.25) is 5.91 Å². The lowest BCUT2D eigenvalue weighted by atomic mass is 9.86. The Hall–Kier alpha value is -1.41. The van der Waals surface area contributed by atoms with Gasteiger partial charge in [0.25, 0.3) is 10.0 Å². The fourth-order valence-electron chi connectivity index (χ4n) is 4.13. The molecule has 0 spiro atoms. The van der Waals surface area contributed by atoms with E-state index in [4.69, 9.17) is 0 Å². The van der Waals surface area contributed by atoms with Gasteiger partial charge in [-0.1, -0.05) is 32.1 Å². The maximum absolute atomic E-state index is 12.9. The van der Waals surface area contributed by atoms with Gasteiger partial charge in [-0.15, -0.1) is 0 Å². The van der Waals surface area contributed by atoms with Gasteiger partial charge in [-0.25, -0.2) is 13.4 Å². The summed E-state index contributed by atoms with van der Waals surface area (Å²) in [7, 11) is -1.81. The van der Waals surface area contributed by atoms with Crippen LogP contribution in [0.4, 0.5) is 0 Å². The van der Waals surface area contributed by atoms with Gasteiger partial charge >= 0.3 is 0 Å². The number of rotatable bonds is 5. The summed E-state index contributed by atoms with van der Waals surface area (Å²) in [5, 5.41) is 0.0968. The minimum absolute atomic E-state index is 0.0968. The standard InChI is InChI=1S/C19H32N4O3S/c1-16-20-18(15-21(16)2)27(25,26)23-12-6-11-22(13-14-23)19(24)10-9-17-7-4-3-5-8-17/h15,17H,3-14H2,1-2H3. The first-order valence-electron chi connectivity index (χ1n) is 10.2. The molecule has 0 bridgehead atoms. The van der Waals surface area contributed by atoms with Crippen LogP contribution < -0.4 is 0 Å². The Kier molecular flexibility index (Phi) is 6.57. The average Bonchev–Trinajstić information content (AvgIpc) is 2.87. The van der Waals surface area contributed by atoms with E-state index < -0.39 is 10.0 Å². The summed E-state index contributed by atoms with van der Waals surface area (Å²) in [6, 6.07) is 0. The monoisotopic (exact) mass is 396 g/mol. The maximum Gasteiger partial charge on any atom is 0.262 e. The van der Waals surface area contributed by atoms with Crippen molar-refractivity contribution in [2.45, 2.75) is 63.3 Å². The predicted molar refractivity (Wildman–Crippen MR) is 104 cm³/mol. The van der Waals surface area contributed by atoms with Gasteiger partial charge in [-0.2, -0.15) is 4.31 Å². The van der Waals surface area contributed by atoms with Gasteiger partial charge in [0.05, 0.1) is 0 Å². The number of carbonyl (C=O) groups excluding carboxylic acids is 1. The lowest BCUT2D eigenvalue weighted by Gasteiger charge is -2.24. The Morgan fingerprint density at radius 2 is 1.85 bits per heavy atom. The molecule has 1 saturated carbocycles. The molecule has 2 fully saturated rings. The van der Waals surface area contributed by atoms with Crippen LogP contribution in [0.25, 0.3) is 0 Å². The Morgan fingerprint density at radius 1 is 1.11 bits per heavy atom. The molecule has 2 aliphatic rings. The van der Waals surface area contributed by atoms with Gasteiger partial charge < -0.3 is 9.47 Å². The zero-order valence-corrected chi connectivity index (χ0v) is 17.4. The highest BCUT2D eigenvalue weighted by Crippen LogP contribution is 2.27. The predicted octanol–water partition coefficient (Wildman–Crippen LogP) is 2.31. The van der Waals surface area contributed by atoms with E-state index in [-0.39, 0.29) is 10.9 Å². The van der Waals surface area contributed by atoms with E-state index in [0.717, 1.165) is 6.42 Å². The molecule has 1 saturated heterocycles. The zero-order valence-electron chi connectivity index (χ0n) is 16.6. The van der Waals surface area contributed by atoms with Crippen LogP contribution in [0.15, 0.2) is 11.2 Å². The lowest BCUT2D eigenvalue weighted by Crippen LogP contribution is -2.37. The van der Waals surface area contributed by atoms with E-state index in [1.165, 1.54) is 36.4 Å². The Bertz CT molecular complexity index is 734. The van der Waals surface area contributed by atoms with Crippen LogP contribution in [0.3, 0.4) is 0 Å². The molecule has 1 aromatic heterocycles. The van der Waals surface area contributed by atoms with Crippen molar-refractivity contribution in [3.63, 3.8) is 0 Å². The smallest absolute Gasteiger partial charge is 0.262 e. The van der Waals surface area contributed by atoms with Crippen molar-refractivity contribution in [1.82, 2.24) is 18.8 Å². The molecule has 1 aromatic rings.